The van der Waals surface area contributed by atoms with Crippen molar-refractivity contribution in [2.24, 2.45) is 11.7 Å². The molecule has 4 rings (SSSR count). The number of carbonyl (C=O) groups is 1. The lowest BCUT2D eigenvalue weighted by atomic mass is 9.96. The minimum Gasteiger partial charge on any atom is -0.494 e. The number of amides is 1. The summed E-state index contributed by atoms with van der Waals surface area (Å²) in [6.45, 7) is 3.15. The van der Waals surface area contributed by atoms with Crippen molar-refractivity contribution in [2.45, 2.75) is 32.7 Å². The van der Waals surface area contributed by atoms with Crippen molar-refractivity contribution in [2.75, 3.05) is 26.5 Å². The molecule has 1 amide bonds. The molecule has 0 aliphatic carbocycles. The quantitative estimate of drug-likeness (QED) is 0.474. The highest BCUT2D eigenvalue weighted by Crippen LogP contribution is 2.28. The van der Waals surface area contributed by atoms with Crippen molar-refractivity contribution in [1.29, 1.82) is 0 Å². The minimum atomic E-state index is -3.20. The predicted molar refractivity (Wildman–Crippen MR) is 129 cm³/mol. The van der Waals surface area contributed by atoms with Gasteiger partial charge in [0.15, 0.2) is 11.6 Å². The van der Waals surface area contributed by atoms with E-state index in [4.69, 9.17) is 10.5 Å². The predicted octanol–water partition coefficient (Wildman–Crippen LogP) is 1.55. The van der Waals surface area contributed by atoms with E-state index in [2.05, 4.69) is 20.4 Å². The number of aromatic nitrogens is 5. The first-order valence-electron chi connectivity index (χ1n) is 11.4. The van der Waals surface area contributed by atoms with Gasteiger partial charge in [-0.1, -0.05) is 6.07 Å². The molecule has 0 atom stereocenters. The normalized spacial score (nSPS) is 15.2. The molecule has 0 saturated carbocycles. The molecule has 3 heterocycles. The van der Waals surface area contributed by atoms with Crippen LogP contribution in [0.2, 0.25) is 0 Å². The molecule has 2 N–H and O–H groups in total. The van der Waals surface area contributed by atoms with Crippen LogP contribution in [0, 0.1) is 18.7 Å². The number of sulfonamides is 1. The van der Waals surface area contributed by atoms with Crippen LogP contribution in [0.3, 0.4) is 0 Å². The SMILES string of the molecule is COc1cc(Cc2c(-c3nnn(CC4CCN(S(C)(=O)=O)CC4)n3)cc(C)nc2C(N)=O)ccc1F. The maximum absolute atomic E-state index is 13.9. The molecule has 0 bridgehead atoms. The Kier molecular flexibility index (Phi) is 7.31. The first-order chi connectivity index (χ1) is 17.0. The number of primary amides is 1. The van der Waals surface area contributed by atoms with Crippen LogP contribution in [0.5, 0.6) is 5.75 Å². The lowest BCUT2D eigenvalue weighted by Gasteiger charge is -2.29. The van der Waals surface area contributed by atoms with Crippen LogP contribution in [-0.4, -0.2) is 70.3 Å². The van der Waals surface area contributed by atoms with Crippen LogP contribution in [0.4, 0.5) is 4.39 Å². The number of hydrogen-bond donors (Lipinski definition) is 1. The number of benzene rings is 1. The molecular formula is C23H28FN7O4S. The average molecular weight is 518 g/mol. The number of nitrogens with two attached hydrogens (primary N) is 1. The van der Waals surface area contributed by atoms with Gasteiger partial charge in [-0.2, -0.15) is 4.80 Å². The molecule has 1 aliphatic heterocycles. The number of carbonyl (C=O) groups excluding carboxylic acids is 1. The van der Waals surface area contributed by atoms with E-state index in [9.17, 15) is 17.6 Å². The highest BCUT2D eigenvalue weighted by molar-refractivity contribution is 7.88. The van der Waals surface area contributed by atoms with Crippen molar-refractivity contribution in [1.82, 2.24) is 29.5 Å². The molecule has 13 heteroatoms. The Bertz CT molecular complexity index is 1390. The number of hydrogen-bond acceptors (Lipinski definition) is 8. The van der Waals surface area contributed by atoms with Crippen LogP contribution in [-0.2, 0) is 23.0 Å². The molecular weight excluding hydrogens is 489 g/mol. The van der Waals surface area contributed by atoms with E-state index < -0.39 is 21.7 Å². The third-order valence-electron chi connectivity index (χ3n) is 6.24. The van der Waals surface area contributed by atoms with Crippen LogP contribution in [0.25, 0.3) is 11.4 Å². The lowest BCUT2D eigenvalue weighted by Crippen LogP contribution is -2.38. The van der Waals surface area contributed by atoms with Crippen LogP contribution < -0.4 is 10.5 Å². The fraction of sp³-hybridized carbons (Fsp3) is 0.435. The Morgan fingerprint density at radius 1 is 1.25 bits per heavy atom. The van der Waals surface area contributed by atoms with Gasteiger partial charge in [-0.25, -0.2) is 22.1 Å². The number of methoxy groups -OCH3 is 1. The van der Waals surface area contributed by atoms with Crippen molar-refractivity contribution in [3.05, 3.63) is 52.6 Å². The number of halogens is 1. The van der Waals surface area contributed by atoms with Gasteiger partial charge in [0.2, 0.25) is 15.8 Å². The fourth-order valence-corrected chi connectivity index (χ4v) is 5.26. The van der Waals surface area contributed by atoms with Gasteiger partial charge in [0.1, 0.15) is 5.69 Å². The fourth-order valence-electron chi connectivity index (χ4n) is 4.38. The topological polar surface area (TPSA) is 146 Å². The van der Waals surface area contributed by atoms with Gasteiger partial charge in [0, 0.05) is 30.8 Å². The summed E-state index contributed by atoms with van der Waals surface area (Å²) in [5.74, 6) is -0.599. The molecule has 1 aromatic carbocycles. The van der Waals surface area contributed by atoms with Gasteiger partial charge in [0.05, 0.1) is 19.9 Å². The second-order valence-electron chi connectivity index (χ2n) is 8.92. The number of tetrazole rings is 1. The van der Waals surface area contributed by atoms with E-state index in [0.717, 1.165) is 0 Å². The first kappa shape index (κ1) is 25.6. The van der Waals surface area contributed by atoms with Crippen LogP contribution >= 0.6 is 0 Å². The highest BCUT2D eigenvalue weighted by atomic mass is 32.2. The van der Waals surface area contributed by atoms with E-state index in [1.165, 1.54) is 28.5 Å². The van der Waals surface area contributed by atoms with E-state index in [1.807, 2.05) is 0 Å². The van der Waals surface area contributed by atoms with Crippen LogP contribution in [0.1, 0.15) is 40.2 Å². The summed E-state index contributed by atoms with van der Waals surface area (Å²) in [4.78, 5) is 18.1. The van der Waals surface area contributed by atoms with Gasteiger partial charge in [-0.05, 0) is 60.2 Å². The Hall–Kier alpha value is -3.45. The molecule has 36 heavy (non-hydrogen) atoms. The Morgan fingerprint density at radius 3 is 2.61 bits per heavy atom. The lowest BCUT2D eigenvalue weighted by molar-refractivity contribution is 0.0994. The smallest absolute Gasteiger partial charge is 0.267 e. The number of pyridine rings is 1. The first-order valence-corrected chi connectivity index (χ1v) is 13.3. The second kappa shape index (κ2) is 10.3. The van der Waals surface area contributed by atoms with E-state index >= 15 is 0 Å². The van der Waals surface area contributed by atoms with Crippen molar-refractivity contribution in [3.8, 4) is 17.1 Å². The van der Waals surface area contributed by atoms with Gasteiger partial charge < -0.3 is 10.5 Å². The molecule has 1 aliphatic rings. The van der Waals surface area contributed by atoms with Crippen LogP contribution in [0.15, 0.2) is 24.3 Å². The molecule has 192 valence electrons. The van der Waals surface area contributed by atoms with Gasteiger partial charge in [-0.15, -0.1) is 10.2 Å². The second-order valence-corrected chi connectivity index (χ2v) is 10.9. The minimum absolute atomic E-state index is 0.0813. The van der Waals surface area contributed by atoms with Gasteiger partial charge >= 0.3 is 0 Å². The molecule has 11 nitrogen and oxygen atoms in total. The molecule has 0 radical (unpaired) electrons. The van der Waals surface area contributed by atoms with E-state index in [-0.39, 0.29) is 23.8 Å². The van der Waals surface area contributed by atoms with Gasteiger partial charge in [0.25, 0.3) is 5.91 Å². The Balaban J connectivity index is 1.62. The zero-order chi connectivity index (χ0) is 26.0. The number of nitrogens with zero attached hydrogens (tertiary/aromatic N) is 6. The summed E-state index contributed by atoms with van der Waals surface area (Å²) in [6.07, 6.45) is 2.83. The molecule has 0 spiro atoms. The maximum Gasteiger partial charge on any atom is 0.267 e. The standard InChI is InChI=1S/C23H28FN7O4S/c1-14-10-18(17(21(26-14)22(25)32)11-16-4-5-19(24)20(12-16)35-2)23-27-29-31(28-23)13-15-6-8-30(9-7-15)36(3,33)34/h4-5,10,12,15H,6-9,11,13H2,1-3H3,(H2,25,32). The molecule has 0 unspecified atom stereocenters. The monoisotopic (exact) mass is 517 g/mol. The van der Waals surface area contributed by atoms with Crippen molar-refractivity contribution in [3.63, 3.8) is 0 Å². The van der Waals surface area contributed by atoms with Crippen molar-refractivity contribution < 1.29 is 22.3 Å². The summed E-state index contributed by atoms with van der Waals surface area (Å²) in [5.41, 5.74) is 8.02. The maximum atomic E-state index is 13.9. The zero-order valence-corrected chi connectivity index (χ0v) is 21.1. The number of aryl methyl sites for hydroxylation is 1. The molecule has 1 fully saturated rings. The third-order valence-corrected chi connectivity index (χ3v) is 7.54. The summed E-state index contributed by atoms with van der Waals surface area (Å²) in [7, 11) is -1.82. The molecule has 3 aromatic rings. The van der Waals surface area contributed by atoms with Crippen molar-refractivity contribution >= 4 is 15.9 Å². The summed E-state index contributed by atoms with van der Waals surface area (Å²) < 4.78 is 44.0. The largest absolute Gasteiger partial charge is 0.494 e. The van der Waals surface area contributed by atoms with Gasteiger partial charge in [-0.3, -0.25) is 4.79 Å². The average Bonchev–Trinajstić information content (AvgIpc) is 3.29. The zero-order valence-electron chi connectivity index (χ0n) is 20.3. The molecule has 2 aromatic heterocycles. The summed E-state index contributed by atoms with van der Waals surface area (Å²) >= 11 is 0. The summed E-state index contributed by atoms with van der Waals surface area (Å²) in [5, 5.41) is 12.9. The highest BCUT2D eigenvalue weighted by Gasteiger charge is 2.26. The Labute approximate surface area is 208 Å². The van der Waals surface area contributed by atoms with E-state index in [0.29, 0.717) is 60.7 Å². The number of rotatable bonds is 8. The molecule has 1 saturated heterocycles. The third kappa shape index (κ3) is 5.68. The number of ether oxygens (including phenoxy) is 1. The van der Waals surface area contributed by atoms with E-state index in [1.54, 1.807) is 25.1 Å². The Morgan fingerprint density at radius 2 is 1.97 bits per heavy atom. The number of piperidine rings is 1. The summed E-state index contributed by atoms with van der Waals surface area (Å²) in [6, 6.07) is 6.20.